The molecule has 0 unspecified atom stereocenters. The summed E-state index contributed by atoms with van der Waals surface area (Å²) in [5.41, 5.74) is 1.51. The van der Waals surface area contributed by atoms with Gasteiger partial charge in [0, 0.05) is 25.6 Å². The van der Waals surface area contributed by atoms with Crippen LogP contribution in [0, 0.1) is 11.7 Å². The highest BCUT2D eigenvalue weighted by Gasteiger charge is 2.39. The summed E-state index contributed by atoms with van der Waals surface area (Å²) in [7, 11) is -2.70. The lowest BCUT2D eigenvalue weighted by Gasteiger charge is -2.38. The Balaban J connectivity index is 1.28. The third-order valence-corrected chi connectivity index (χ3v) is 9.11. The molecule has 0 radical (unpaired) electrons. The Bertz CT molecular complexity index is 1490. The normalized spacial score (nSPS) is 17.9. The third-order valence-electron chi connectivity index (χ3n) is 7.19. The molecule has 1 fully saturated rings. The second-order valence-corrected chi connectivity index (χ2v) is 11.6. The molecule has 2 heterocycles. The van der Waals surface area contributed by atoms with Crippen molar-refractivity contribution in [3.8, 4) is 11.5 Å². The molecule has 0 bridgehead atoms. The number of carbonyl (C=O) groups excluding carboxylic acids is 2. The zero-order chi connectivity index (χ0) is 28.3. The number of rotatable bonds is 7. The van der Waals surface area contributed by atoms with Crippen LogP contribution in [0.15, 0.2) is 77.7 Å². The fraction of sp³-hybridized carbons (Fsp3) is 0.310. The maximum atomic E-state index is 13.9. The van der Waals surface area contributed by atoms with Crippen molar-refractivity contribution < 1.29 is 31.9 Å². The fourth-order valence-electron chi connectivity index (χ4n) is 5.03. The number of halogens is 1. The highest BCUT2D eigenvalue weighted by molar-refractivity contribution is 7.89. The van der Waals surface area contributed by atoms with Gasteiger partial charge in [0.25, 0.3) is 5.91 Å². The smallest absolute Gasteiger partial charge is 0.263 e. The molecule has 2 aliphatic heterocycles. The summed E-state index contributed by atoms with van der Waals surface area (Å²) in [5.74, 6) is -1.18. The van der Waals surface area contributed by atoms with E-state index in [2.05, 4.69) is 5.32 Å². The van der Waals surface area contributed by atoms with E-state index in [-0.39, 0.29) is 54.9 Å². The monoisotopic (exact) mass is 567 g/mol. The van der Waals surface area contributed by atoms with Gasteiger partial charge in [-0.05, 0) is 48.7 Å². The summed E-state index contributed by atoms with van der Waals surface area (Å²) in [6, 6.07) is 19.9. The second-order valence-electron chi connectivity index (χ2n) is 9.70. The maximum absolute atomic E-state index is 13.9. The Morgan fingerprint density at radius 3 is 2.45 bits per heavy atom. The topological polar surface area (TPSA) is 105 Å². The highest BCUT2D eigenvalue weighted by atomic mass is 32.2. The molecule has 1 atom stereocenters. The molecule has 0 aliphatic carbocycles. The number of methoxy groups -OCH3 is 1. The van der Waals surface area contributed by atoms with Crippen molar-refractivity contribution in [1.82, 2.24) is 9.62 Å². The van der Waals surface area contributed by atoms with Crippen LogP contribution < -0.4 is 19.7 Å². The van der Waals surface area contributed by atoms with E-state index < -0.39 is 27.9 Å². The van der Waals surface area contributed by atoms with Crippen molar-refractivity contribution in [3.63, 3.8) is 0 Å². The van der Waals surface area contributed by atoms with Crippen molar-refractivity contribution in [2.24, 2.45) is 5.92 Å². The van der Waals surface area contributed by atoms with Crippen molar-refractivity contribution in [3.05, 3.63) is 84.2 Å². The molecular weight excluding hydrogens is 537 g/mol. The van der Waals surface area contributed by atoms with Crippen LogP contribution in [-0.4, -0.2) is 57.4 Å². The molecule has 1 saturated heterocycles. The number of sulfonamides is 1. The number of hydrogen-bond acceptors (Lipinski definition) is 6. The number of nitrogens with one attached hydrogen (secondary N) is 1. The molecule has 0 spiro atoms. The molecule has 11 heteroatoms. The number of fused-ring (bicyclic) bond motifs is 1. The third kappa shape index (κ3) is 5.66. The van der Waals surface area contributed by atoms with Gasteiger partial charge in [0.15, 0.2) is 6.10 Å². The fourth-order valence-corrected chi connectivity index (χ4v) is 6.67. The molecule has 3 aromatic rings. The lowest BCUT2D eigenvalue weighted by atomic mass is 9.95. The molecular formula is C29H30FN3O6S. The molecule has 5 rings (SSSR count). The van der Waals surface area contributed by atoms with Crippen LogP contribution in [0.5, 0.6) is 11.5 Å². The molecule has 1 N–H and O–H groups in total. The molecule has 2 amide bonds. The summed E-state index contributed by atoms with van der Waals surface area (Å²) in [6.45, 7) is 0.546. The van der Waals surface area contributed by atoms with Gasteiger partial charge in [0.1, 0.15) is 22.2 Å². The molecule has 210 valence electrons. The number of ether oxygens (including phenoxy) is 2. The molecule has 3 aromatic carbocycles. The summed E-state index contributed by atoms with van der Waals surface area (Å²) >= 11 is 0. The molecule has 0 aromatic heterocycles. The number of carbonyl (C=O) groups is 2. The van der Waals surface area contributed by atoms with Crippen molar-refractivity contribution in [2.75, 3.05) is 31.6 Å². The van der Waals surface area contributed by atoms with Gasteiger partial charge in [-0.1, -0.05) is 42.5 Å². The standard InChI is InChI=1S/C29H30FN3O6S/c1-38-25-12-11-22(30)17-27(25)40(36,37)32-15-13-21(14-16-32)29(35)33-19-26(39-24-10-6-5-9-23(24)33)28(34)31-18-20-7-3-2-4-8-20/h2-12,17,21,26H,13-16,18-19H2,1H3,(H,31,34)/t26-/m1/s1. The quantitative estimate of drug-likeness (QED) is 0.470. The first-order chi connectivity index (χ1) is 19.3. The van der Waals surface area contributed by atoms with E-state index in [9.17, 15) is 22.4 Å². The van der Waals surface area contributed by atoms with Gasteiger partial charge in [0.2, 0.25) is 15.9 Å². The summed E-state index contributed by atoms with van der Waals surface area (Å²) in [6.07, 6.45) is -0.344. The highest BCUT2D eigenvalue weighted by Crippen LogP contribution is 2.36. The van der Waals surface area contributed by atoms with Crippen LogP contribution in [0.25, 0.3) is 0 Å². The van der Waals surface area contributed by atoms with Crippen LogP contribution in [0.3, 0.4) is 0 Å². The largest absolute Gasteiger partial charge is 0.495 e. The number of amides is 2. The SMILES string of the molecule is COc1ccc(F)cc1S(=O)(=O)N1CCC(C(=O)N2C[C@H](C(=O)NCc3ccccc3)Oc3ccccc32)CC1. The Labute approximate surface area is 232 Å². The Morgan fingerprint density at radius 1 is 1.02 bits per heavy atom. The first kappa shape index (κ1) is 27.6. The number of para-hydroxylation sites is 2. The number of nitrogens with zero attached hydrogens (tertiary/aromatic N) is 2. The zero-order valence-corrected chi connectivity index (χ0v) is 22.8. The van der Waals surface area contributed by atoms with Gasteiger partial charge in [-0.25, -0.2) is 12.8 Å². The van der Waals surface area contributed by atoms with Crippen molar-refractivity contribution in [1.29, 1.82) is 0 Å². The average molecular weight is 568 g/mol. The Hall–Kier alpha value is -3.96. The summed E-state index contributed by atoms with van der Waals surface area (Å²) in [4.78, 5) is 28.1. The predicted molar refractivity (Wildman–Crippen MR) is 146 cm³/mol. The molecule has 0 saturated carbocycles. The van der Waals surface area contributed by atoms with Gasteiger partial charge in [-0.2, -0.15) is 4.31 Å². The van der Waals surface area contributed by atoms with Crippen LogP contribution in [0.1, 0.15) is 18.4 Å². The molecule has 9 nitrogen and oxygen atoms in total. The lowest BCUT2D eigenvalue weighted by Crippen LogP contribution is -2.53. The van der Waals surface area contributed by atoms with E-state index in [1.807, 2.05) is 30.3 Å². The molecule has 2 aliphatic rings. The van der Waals surface area contributed by atoms with E-state index in [0.29, 0.717) is 18.0 Å². The maximum Gasteiger partial charge on any atom is 0.263 e. The average Bonchev–Trinajstić information content (AvgIpc) is 2.99. The molecule has 40 heavy (non-hydrogen) atoms. The van der Waals surface area contributed by atoms with Crippen LogP contribution in [-0.2, 0) is 26.2 Å². The number of piperidine rings is 1. The van der Waals surface area contributed by atoms with Gasteiger partial charge >= 0.3 is 0 Å². The van der Waals surface area contributed by atoms with Crippen molar-refractivity contribution >= 4 is 27.5 Å². The Morgan fingerprint density at radius 2 is 1.73 bits per heavy atom. The second kappa shape index (κ2) is 11.6. The summed E-state index contributed by atoms with van der Waals surface area (Å²) in [5, 5.41) is 2.88. The van der Waals surface area contributed by atoms with E-state index in [1.165, 1.54) is 17.5 Å². The minimum Gasteiger partial charge on any atom is -0.495 e. The van der Waals surface area contributed by atoms with E-state index in [1.54, 1.807) is 29.2 Å². The van der Waals surface area contributed by atoms with Gasteiger partial charge in [-0.3, -0.25) is 9.59 Å². The first-order valence-electron chi connectivity index (χ1n) is 13.0. The van der Waals surface area contributed by atoms with E-state index >= 15 is 0 Å². The minimum absolute atomic E-state index is 0.0372. The number of benzene rings is 3. The van der Waals surface area contributed by atoms with Crippen LogP contribution in [0.2, 0.25) is 0 Å². The first-order valence-corrected chi connectivity index (χ1v) is 14.4. The summed E-state index contributed by atoms with van der Waals surface area (Å²) < 4.78 is 52.8. The van der Waals surface area contributed by atoms with Crippen LogP contribution >= 0.6 is 0 Å². The van der Waals surface area contributed by atoms with Gasteiger partial charge in [0.05, 0.1) is 19.3 Å². The zero-order valence-electron chi connectivity index (χ0n) is 22.0. The Kier molecular flexibility index (Phi) is 8.04. The lowest BCUT2D eigenvalue weighted by molar-refractivity contribution is -0.129. The van der Waals surface area contributed by atoms with E-state index in [0.717, 1.165) is 17.7 Å². The van der Waals surface area contributed by atoms with Crippen molar-refractivity contribution in [2.45, 2.75) is 30.4 Å². The predicted octanol–water partition coefficient (Wildman–Crippen LogP) is 3.35. The van der Waals surface area contributed by atoms with Gasteiger partial charge in [-0.15, -0.1) is 0 Å². The number of hydrogen-bond donors (Lipinski definition) is 1. The minimum atomic E-state index is -4.03. The van der Waals surface area contributed by atoms with Gasteiger partial charge < -0.3 is 19.7 Å². The van der Waals surface area contributed by atoms with Crippen LogP contribution in [0.4, 0.5) is 10.1 Å². The van der Waals surface area contributed by atoms with E-state index in [4.69, 9.17) is 9.47 Å². The number of anilines is 1.